The minimum atomic E-state index is -0.545. The maximum atomic E-state index is 12.8. The quantitative estimate of drug-likeness (QED) is 0.464. The zero-order chi connectivity index (χ0) is 19.9. The lowest BCUT2D eigenvalue weighted by molar-refractivity contribution is -0.137. The number of hydroxylamine groups is 1. The van der Waals surface area contributed by atoms with Gasteiger partial charge in [-0.15, -0.1) is 0 Å². The molecule has 2 fully saturated rings. The third-order valence-electron chi connectivity index (χ3n) is 6.12. The lowest BCUT2D eigenvalue weighted by Crippen LogP contribution is -2.47. The summed E-state index contributed by atoms with van der Waals surface area (Å²) in [6.07, 6.45) is 10.6. The van der Waals surface area contributed by atoms with Crippen molar-refractivity contribution in [1.29, 1.82) is 0 Å². The molecule has 0 bridgehead atoms. The summed E-state index contributed by atoms with van der Waals surface area (Å²) in [5.74, 6) is 0.00757. The number of anilines is 1. The minimum Gasteiger partial charge on any atom is -0.371 e. The van der Waals surface area contributed by atoms with Gasteiger partial charge in [-0.25, -0.2) is 5.48 Å². The van der Waals surface area contributed by atoms with E-state index in [0.717, 1.165) is 50.0 Å². The Bertz CT molecular complexity index is 705. The highest BCUT2D eigenvalue weighted by atomic mass is 16.5. The summed E-state index contributed by atoms with van der Waals surface area (Å²) in [6, 6.07) is 8.23. The van der Waals surface area contributed by atoms with Crippen molar-refractivity contribution in [2.75, 3.05) is 25.0 Å². The number of para-hydroxylation sites is 1. The summed E-state index contributed by atoms with van der Waals surface area (Å²) in [7, 11) is 1.97. The minimum absolute atomic E-state index is 0.223. The van der Waals surface area contributed by atoms with Gasteiger partial charge in [0.15, 0.2) is 0 Å². The predicted molar refractivity (Wildman–Crippen MR) is 110 cm³/mol. The van der Waals surface area contributed by atoms with Gasteiger partial charge in [0.1, 0.15) is 0 Å². The first kappa shape index (κ1) is 20.4. The third-order valence-corrected chi connectivity index (χ3v) is 6.12. The molecule has 1 saturated carbocycles. The van der Waals surface area contributed by atoms with Crippen molar-refractivity contribution in [1.82, 2.24) is 10.4 Å². The molecular formula is C22H31N3O3. The Hall–Kier alpha value is -2.34. The van der Waals surface area contributed by atoms with Crippen LogP contribution in [0.4, 0.5) is 5.69 Å². The number of hydrogen-bond acceptors (Lipinski definition) is 4. The number of piperidine rings is 1. The number of carbonyl (C=O) groups excluding carboxylic acids is 2. The van der Waals surface area contributed by atoms with E-state index in [-0.39, 0.29) is 5.92 Å². The lowest BCUT2D eigenvalue weighted by Gasteiger charge is -2.39. The van der Waals surface area contributed by atoms with Crippen LogP contribution in [0.25, 0.3) is 6.08 Å². The summed E-state index contributed by atoms with van der Waals surface area (Å²) < 4.78 is 0. The van der Waals surface area contributed by atoms with Gasteiger partial charge in [-0.05, 0) is 43.4 Å². The van der Waals surface area contributed by atoms with E-state index in [0.29, 0.717) is 11.9 Å². The SMILES string of the molecule is CN(C(=O)C1CCCCC1)C1CCN(c2ccccc2/C=C/C(=O)NO)CC1. The largest absolute Gasteiger partial charge is 0.371 e. The molecule has 1 saturated heterocycles. The Morgan fingerprint density at radius 3 is 2.46 bits per heavy atom. The summed E-state index contributed by atoms with van der Waals surface area (Å²) in [5, 5.41) is 8.66. The van der Waals surface area contributed by atoms with Gasteiger partial charge in [0.25, 0.3) is 5.91 Å². The van der Waals surface area contributed by atoms with Gasteiger partial charge in [-0.1, -0.05) is 37.5 Å². The predicted octanol–water partition coefficient (Wildman–Crippen LogP) is 3.21. The molecule has 0 aromatic heterocycles. The Balaban J connectivity index is 1.60. The van der Waals surface area contributed by atoms with Gasteiger partial charge in [0, 0.05) is 43.9 Å². The number of benzene rings is 1. The summed E-state index contributed by atoms with van der Waals surface area (Å²) in [5.41, 5.74) is 3.63. The smallest absolute Gasteiger partial charge is 0.267 e. The van der Waals surface area contributed by atoms with Crippen LogP contribution in [0.5, 0.6) is 0 Å². The highest BCUT2D eigenvalue weighted by Crippen LogP contribution is 2.29. The monoisotopic (exact) mass is 385 g/mol. The van der Waals surface area contributed by atoms with Crippen LogP contribution >= 0.6 is 0 Å². The van der Waals surface area contributed by atoms with Crippen LogP contribution in [0.15, 0.2) is 30.3 Å². The van der Waals surface area contributed by atoms with Gasteiger partial charge in [0.2, 0.25) is 5.91 Å². The van der Waals surface area contributed by atoms with E-state index in [1.54, 1.807) is 11.6 Å². The van der Waals surface area contributed by atoms with Crippen LogP contribution in [0.2, 0.25) is 0 Å². The normalized spacial score (nSPS) is 19.0. The molecule has 2 amide bonds. The van der Waals surface area contributed by atoms with Gasteiger partial charge in [-0.2, -0.15) is 0 Å². The highest BCUT2D eigenvalue weighted by Gasteiger charge is 2.30. The fraction of sp³-hybridized carbons (Fsp3) is 0.545. The van der Waals surface area contributed by atoms with Crippen molar-refractivity contribution < 1.29 is 14.8 Å². The summed E-state index contributed by atoms with van der Waals surface area (Å²) in [4.78, 5) is 28.4. The van der Waals surface area contributed by atoms with Crippen molar-refractivity contribution in [2.24, 2.45) is 5.92 Å². The molecule has 2 N–H and O–H groups in total. The maximum absolute atomic E-state index is 12.8. The van der Waals surface area contributed by atoms with Gasteiger partial charge >= 0.3 is 0 Å². The van der Waals surface area contributed by atoms with E-state index < -0.39 is 5.91 Å². The van der Waals surface area contributed by atoms with Crippen molar-refractivity contribution in [3.05, 3.63) is 35.9 Å². The Morgan fingerprint density at radius 2 is 1.79 bits per heavy atom. The van der Waals surface area contributed by atoms with Gasteiger partial charge in [0.05, 0.1) is 0 Å². The lowest BCUT2D eigenvalue weighted by atomic mass is 9.87. The average molecular weight is 386 g/mol. The number of amides is 2. The van der Waals surface area contributed by atoms with Crippen LogP contribution in [0.1, 0.15) is 50.5 Å². The van der Waals surface area contributed by atoms with E-state index in [9.17, 15) is 9.59 Å². The summed E-state index contributed by atoms with van der Waals surface area (Å²) in [6.45, 7) is 1.76. The van der Waals surface area contributed by atoms with Crippen molar-refractivity contribution in [2.45, 2.75) is 51.0 Å². The zero-order valence-corrected chi connectivity index (χ0v) is 16.6. The number of carbonyl (C=O) groups is 2. The number of nitrogens with one attached hydrogen (secondary N) is 1. The second-order valence-corrected chi connectivity index (χ2v) is 7.87. The molecule has 152 valence electrons. The molecule has 1 aromatic rings. The van der Waals surface area contributed by atoms with Crippen molar-refractivity contribution >= 4 is 23.6 Å². The van der Waals surface area contributed by atoms with E-state index in [1.165, 1.54) is 25.3 Å². The third kappa shape index (κ3) is 4.93. The van der Waals surface area contributed by atoms with E-state index in [2.05, 4.69) is 4.90 Å². The molecule has 6 nitrogen and oxygen atoms in total. The Morgan fingerprint density at radius 1 is 1.11 bits per heavy atom. The average Bonchev–Trinajstić information content (AvgIpc) is 2.77. The second-order valence-electron chi connectivity index (χ2n) is 7.87. The molecule has 3 rings (SSSR count). The van der Waals surface area contributed by atoms with Crippen LogP contribution in [0.3, 0.4) is 0 Å². The van der Waals surface area contributed by atoms with Crippen LogP contribution in [0, 0.1) is 5.92 Å². The van der Waals surface area contributed by atoms with Crippen LogP contribution in [-0.4, -0.2) is 48.1 Å². The topological polar surface area (TPSA) is 72.9 Å². The zero-order valence-electron chi connectivity index (χ0n) is 16.6. The number of hydrogen-bond donors (Lipinski definition) is 2. The Labute approximate surface area is 167 Å². The molecule has 0 unspecified atom stereocenters. The first-order chi connectivity index (χ1) is 13.6. The molecule has 0 atom stereocenters. The van der Waals surface area contributed by atoms with Crippen molar-refractivity contribution in [3.8, 4) is 0 Å². The molecule has 1 aliphatic heterocycles. The van der Waals surface area contributed by atoms with Crippen LogP contribution < -0.4 is 10.4 Å². The van der Waals surface area contributed by atoms with E-state index in [4.69, 9.17) is 5.21 Å². The number of nitrogens with zero attached hydrogens (tertiary/aromatic N) is 2. The maximum Gasteiger partial charge on any atom is 0.267 e. The molecule has 2 aliphatic rings. The molecule has 1 aliphatic carbocycles. The first-order valence-electron chi connectivity index (χ1n) is 10.3. The van der Waals surface area contributed by atoms with E-state index >= 15 is 0 Å². The van der Waals surface area contributed by atoms with Gasteiger partial charge < -0.3 is 9.80 Å². The number of rotatable bonds is 5. The molecule has 28 heavy (non-hydrogen) atoms. The van der Waals surface area contributed by atoms with Crippen molar-refractivity contribution in [3.63, 3.8) is 0 Å². The standard InChI is InChI=1S/C22H31N3O3/c1-24(22(27)18-8-3-2-4-9-18)19-13-15-25(16-14-19)20-10-6-5-7-17(20)11-12-21(26)23-28/h5-7,10-12,18-19,28H,2-4,8-9,13-16H2,1H3,(H,23,26)/b12-11+. The highest BCUT2D eigenvalue weighted by molar-refractivity contribution is 5.91. The second kappa shape index (κ2) is 9.73. The Kier molecular flexibility index (Phi) is 7.09. The first-order valence-corrected chi connectivity index (χ1v) is 10.3. The fourth-order valence-electron chi connectivity index (χ4n) is 4.43. The molecule has 6 heteroatoms. The summed E-state index contributed by atoms with van der Waals surface area (Å²) >= 11 is 0. The van der Waals surface area contributed by atoms with Crippen LogP contribution in [-0.2, 0) is 9.59 Å². The van der Waals surface area contributed by atoms with Gasteiger partial charge in [-0.3, -0.25) is 14.8 Å². The molecule has 0 spiro atoms. The van der Waals surface area contributed by atoms with E-state index in [1.807, 2.05) is 36.2 Å². The molecule has 0 radical (unpaired) electrons. The molecular weight excluding hydrogens is 354 g/mol. The molecule has 1 aromatic carbocycles. The molecule has 1 heterocycles. The fourth-order valence-corrected chi connectivity index (χ4v) is 4.43.